The molecule has 4 nitrogen and oxygen atoms in total. The van der Waals surface area contributed by atoms with Gasteiger partial charge in [0.1, 0.15) is 0 Å². The topological polar surface area (TPSA) is 54.0 Å². The summed E-state index contributed by atoms with van der Waals surface area (Å²) in [4.78, 5) is 16.1. The standard InChI is InChI=1S/C14H23N3OS/c1-10-5-3-6-12(10)17-14(18)15-8-4-7-13-16-11(2)9-19-13/h9-10,12H,3-8H2,1-2H3,(H2,15,17,18)/t10-,12+/m0/s1. The lowest BCUT2D eigenvalue weighted by molar-refractivity contribution is 0.234. The molecule has 0 spiro atoms. The van der Waals surface area contributed by atoms with E-state index in [0.29, 0.717) is 18.5 Å². The summed E-state index contributed by atoms with van der Waals surface area (Å²) in [5.41, 5.74) is 1.08. The minimum Gasteiger partial charge on any atom is -0.338 e. The van der Waals surface area contributed by atoms with Gasteiger partial charge in [-0.1, -0.05) is 13.3 Å². The van der Waals surface area contributed by atoms with Crippen LogP contribution < -0.4 is 10.6 Å². The van der Waals surface area contributed by atoms with Crippen molar-refractivity contribution in [1.82, 2.24) is 15.6 Å². The van der Waals surface area contributed by atoms with Gasteiger partial charge in [-0.2, -0.15) is 0 Å². The highest BCUT2D eigenvalue weighted by Gasteiger charge is 2.24. The van der Waals surface area contributed by atoms with E-state index in [-0.39, 0.29) is 6.03 Å². The van der Waals surface area contributed by atoms with Gasteiger partial charge in [-0.15, -0.1) is 11.3 Å². The molecular formula is C14H23N3OS. The van der Waals surface area contributed by atoms with Crippen LogP contribution in [-0.4, -0.2) is 23.6 Å². The number of nitrogens with one attached hydrogen (secondary N) is 2. The Morgan fingerprint density at radius 1 is 1.53 bits per heavy atom. The van der Waals surface area contributed by atoms with Crippen LogP contribution in [0.4, 0.5) is 4.79 Å². The Kier molecular flexibility index (Phi) is 5.19. The highest BCUT2D eigenvalue weighted by Crippen LogP contribution is 2.24. The second-order valence-corrected chi connectivity index (χ2v) is 6.34. The molecule has 1 aliphatic rings. The maximum atomic E-state index is 11.7. The maximum Gasteiger partial charge on any atom is 0.315 e. The molecule has 0 radical (unpaired) electrons. The first-order valence-electron chi connectivity index (χ1n) is 7.10. The Balaban J connectivity index is 1.59. The summed E-state index contributed by atoms with van der Waals surface area (Å²) in [6.07, 6.45) is 5.47. The van der Waals surface area contributed by atoms with Crippen LogP contribution in [0.5, 0.6) is 0 Å². The van der Waals surface area contributed by atoms with Crippen LogP contribution in [0.3, 0.4) is 0 Å². The fourth-order valence-corrected chi connectivity index (χ4v) is 3.36. The third kappa shape index (κ3) is 4.49. The van der Waals surface area contributed by atoms with Crippen LogP contribution in [0.2, 0.25) is 0 Å². The fraction of sp³-hybridized carbons (Fsp3) is 0.714. The minimum atomic E-state index is -0.0194. The molecule has 0 unspecified atom stereocenters. The minimum absolute atomic E-state index is 0.0194. The van der Waals surface area contributed by atoms with Gasteiger partial charge in [0.25, 0.3) is 0 Å². The number of aryl methyl sites for hydroxylation is 2. The van der Waals surface area contributed by atoms with Crippen molar-refractivity contribution in [2.75, 3.05) is 6.54 Å². The van der Waals surface area contributed by atoms with E-state index in [1.54, 1.807) is 11.3 Å². The van der Waals surface area contributed by atoms with Crippen molar-refractivity contribution in [3.05, 3.63) is 16.1 Å². The zero-order valence-electron chi connectivity index (χ0n) is 11.7. The number of amides is 2. The summed E-state index contributed by atoms with van der Waals surface area (Å²) in [5.74, 6) is 0.615. The summed E-state index contributed by atoms with van der Waals surface area (Å²) < 4.78 is 0. The summed E-state index contributed by atoms with van der Waals surface area (Å²) in [6, 6.07) is 0.343. The third-order valence-electron chi connectivity index (χ3n) is 3.70. The van der Waals surface area contributed by atoms with Crippen LogP contribution in [0.1, 0.15) is 43.3 Å². The van der Waals surface area contributed by atoms with Crippen molar-refractivity contribution >= 4 is 17.4 Å². The molecule has 2 amide bonds. The van der Waals surface area contributed by atoms with Crippen LogP contribution in [0.15, 0.2) is 5.38 Å². The molecule has 0 aromatic carbocycles. The number of urea groups is 1. The molecule has 1 aromatic rings. The van der Waals surface area contributed by atoms with E-state index in [9.17, 15) is 4.79 Å². The molecule has 0 bridgehead atoms. The van der Waals surface area contributed by atoms with E-state index < -0.39 is 0 Å². The molecule has 1 aromatic heterocycles. The first kappa shape index (κ1) is 14.3. The molecule has 2 rings (SSSR count). The van der Waals surface area contributed by atoms with Gasteiger partial charge in [-0.25, -0.2) is 9.78 Å². The van der Waals surface area contributed by atoms with Crippen LogP contribution in [-0.2, 0) is 6.42 Å². The zero-order valence-corrected chi connectivity index (χ0v) is 12.6. The Morgan fingerprint density at radius 2 is 2.37 bits per heavy atom. The van der Waals surface area contributed by atoms with Crippen molar-refractivity contribution in [2.24, 2.45) is 5.92 Å². The van der Waals surface area contributed by atoms with E-state index in [1.807, 2.05) is 6.92 Å². The van der Waals surface area contributed by atoms with E-state index in [1.165, 1.54) is 12.8 Å². The van der Waals surface area contributed by atoms with Gasteiger partial charge < -0.3 is 10.6 Å². The lowest BCUT2D eigenvalue weighted by Crippen LogP contribution is -2.43. The predicted molar refractivity (Wildman–Crippen MR) is 78.5 cm³/mol. The van der Waals surface area contributed by atoms with Gasteiger partial charge in [0.15, 0.2) is 0 Å². The van der Waals surface area contributed by atoms with E-state index in [4.69, 9.17) is 0 Å². The smallest absolute Gasteiger partial charge is 0.315 e. The third-order valence-corrected chi connectivity index (χ3v) is 4.72. The number of nitrogens with zero attached hydrogens (tertiary/aromatic N) is 1. The lowest BCUT2D eigenvalue weighted by Gasteiger charge is -2.17. The molecule has 106 valence electrons. The number of thiazole rings is 1. The molecule has 2 N–H and O–H groups in total. The molecule has 1 aliphatic carbocycles. The Labute approximate surface area is 119 Å². The van der Waals surface area contributed by atoms with Gasteiger partial charge >= 0.3 is 6.03 Å². The van der Waals surface area contributed by atoms with E-state index in [0.717, 1.165) is 30.0 Å². The number of aromatic nitrogens is 1. The summed E-state index contributed by atoms with van der Waals surface area (Å²) in [6.45, 7) is 4.93. The second-order valence-electron chi connectivity index (χ2n) is 5.40. The van der Waals surface area contributed by atoms with Crippen LogP contribution in [0.25, 0.3) is 0 Å². The summed E-state index contributed by atoms with van der Waals surface area (Å²) in [7, 11) is 0. The number of carbonyl (C=O) groups excluding carboxylic acids is 1. The molecule has 1 saturated carbocycles. The average molecular weight is 281 g/mol. The molecule has 1 fully saturated rings. The average Bonchev–Trinajstić information content (AvgIpc) is 2.95. The quantitative estimate of drug-likeness (QED) is 0.815. The molecule has 2 atom stereocenters. The van der Waals surface area contributed by atoms with Gasteiger partial charge in [-0.3, -0.25) is 0 Å². The number of hydrogen-bond donors (Lipinski definition) is 2. The molecule has 19 heavy (non-hydrogen) atoms. The lowest BCUT2D eigenvalue weighted by atomic mass is 10.1. The molecule has 1 heterocycles. The Hall–Kier alpha value is -1.10. The predicted octanol–water partition coefficient (Wildman–Crippen LogP) is 2.87. The monoisotopic (exact) mass is 281 g/mol. The molecule has 5 heteroatoms. The highest BCUT2D eigenvalue weighted by molar-refractivity contribution is 7.09. The molecule has 0 aliphatic heterocycles. The maximum absolute atomic E-state index is 11.7. The van der Waals surface area contributed by atoms with E-state index in [2.05, 4.69) is 27.9 Å². The largest absolute Gasteiger partial charge is 0.338 e. The van der Waals surface area contributed by atoms with Gasteiger partial charge in [0.05, 0.1) is 5.01 Å². The SMILES string of the molecule is Cc1csc(CCCNC(=O)N[C@@H]2CCC[C@@H]2C)n1. The second kappa shape index (κ2) is 6.89. The van der Waals surface area contributed by atoms with Crippen molar-refractivity contribution in [3.8, 4) is 0 Å². The highest BCUT2D eigenvalue weighted by atomic mass is 32.1. The van der Waals surface area contributed by atoms with Crippen LogP contribution in [0, 0.1) is 12.8 Å². The molecular weight excluding hydrogens is 258 g/mol. The zero-order chi connectivity index (χ0) is 13.7. The first-order chi connectivity index (χ1) is 9.15. The van der Waals surface area contributed by atoms with Crippen molar-refractivity contribution < 1.29 is 4.79 Å². The number of rotatable bonds is 5. The van der Waals surface area contributed by atoms with Crippen molar-refractivity contribution in [1.29, 1.82) is 0 Å². The van der Waals surface area contributed by atoms with E-state index >= 15 is 0 Å². The van der Waals surface area contributed by atoms with Gasteiger partial charge in [-0.05, 0) is 32.1 Å². The first-order valence-corrected chi connectivity index (χ1v) is 7.98. The number of hydrogen-bond acceptors (Lipinski definition) is 3. The summed E-state index contributed by atoms with van der Waals surface area (Å²) >= 11 is 1.70. The fourth-order valence-electron chi connectivity index (χ4n) is 2.54. The van der Waals surface area contributed by atoms with Gasteiger partial charge in [0, 0.05) is 30.1 Å². The number of carbonyl (C=O) groups is 1. The van der Waals surface area contributed by atoms with Crippen molar-refractivity contribution in [3.63, 3.8) is 0 Å². The molecule has 0 saturated heterocycles. The van der Waals surface area contributed by atoms with Crippen molar-refractivity contribution in [2.45, 2.75) is 52.0 Å². The Morgan fingerprint density at radius 3 is 3.00 bits per heavy atom. The summed E-state index contributed by atoms with van der Waals surface area (Å²) in [5, 5.41) is 9.23. The van der Waals surface area contributed by atoms with Gasteiger partial charge in [0.2, 0.25) is 0 Å². The Bertz CT molecular complexity index is 419. The normalized spacial score (nSPS) is 22.4. The van der Waals surface area contributed by atoms with Crippen LogP contribution >= 0.6 is 11.3 Å².